The second-order valence-electron chi connectivity index (χ2n) is 8.33. The first-order chi connectivity index (χ1) is 13.3. The number of sulfonamides is 1. The van der Waals surface area contributed by atoms with Gasteiger partial charge >= 0.3 is 0 Å². The van der Waals surface area contributed by atoms with Crippen LogP contribution >= 0.6 is 0 Å². The third-order valence-electron chi connectivity index (χ3n) is 6.31. The molecule has 0 N–H and O–H groups in total. The maximum absolute atomic E-state index is 12.8. The summed E-state index contributed by atoms with van der Waals surface area (Å²) in [6.45, 7) is 6.58. The number of nitrogens with zero attached hydrogens (tertiary/aromatic N) is 3. The molecule has 0 aromatic heterocycles. The fraction of sp³-hybridized carbons (Fsp3) is 0.667. The molecule has 2 unspecified atom stereocenters. The zero-order chi connectivity index (χ0) is 20.3. The van der Waals surface area contributed by atoms with Gasteiger partial charge in [0.25, 0.3) is 0 Å². The van der Waals surface area contributed by atoms with E-state index < -0.39 is 10.0 Å². The van der Waals surface area contributed by atoms with Gasteiger partial charge in [-0.3, -0.25) is 9.69 Å². The van der Waals surface area contributed by atoms with Gasteiger partial charge in [-0.2, -0.15) is 4.31 Å². The van der Waals surface area contributed by atoms with Gasteiger partial charge in [-0.25, -0.2) is 8.42 Å². The average molecular weight is 408 g/mol. The number of carbonyl (C=O) groups is 1. The third-order valence-corrected chi connectivity index (χ3v) is 8.22. The highest BCUT2D eigenvalue weighted by molar-refractivity contribution is 7.89. The fourth-order valence-electron chi connectivity index (χ4n) is 4.35. The van der Waals surface area contributed by atoms with Gasteiger partial charge in [0, 0.05) is 39.3 Å². The van der Waals surface area contributed by atoms with Gasteiger partial charge in [0.1, 0.15) is 0 Å². The summed E-state index contributed by atoms with van der Waals surface area (Å²) in [5.74, 6) is 0.702. The second kappa shape index (κ2) is 8.93. The Morgan fingerprint density at radius 3 is 2.29 bits per heavy atom. The SMILES string of the molecule is Cc1ccc(S(=O)(=O)N2CCN(CC(=O)N(C)C3CCCCC3C)CC2)cc1. The minimum atomic E-state index is -3.46. The summed E-state index contributed by atoms with van der Waals surface area (Å²) in [4.78, 5) is 17.1. The molecule has 2 aliphatic rings. The van der Waals surface area contributed by atoms with E-state index in [-0.39, 0.29) is 5.91 Å². The van der Waals surface area contributed by atoms with Crippen molar-refractivity contribution in [3.05, 3.63) is 29.8 Å². The Labute approximate surface area is 169 Å². The van der Waals surface area contributed by atoms with Crippen LogP contribution in [-0.4, -0.2) is 74.2 Å². The molecular weight excluding hydrogens is 374 g/mol. The molecular formula is C21H33N3O3S. The lowest BCUT2D eigenvalue weighted by atomic mass is 9.85. The summed E-state index contributed by atoms with van der Waals surface area (Å²) in [6, 6.07) is 7.32. The first-order valence-electron chi connectivity index (χ1n) is 10.3. The normalized spacial score (nSPS) is 24.8. The molecule has 2 fully saturated rings. The van der Waals surface area contributed by atoms with E-state index in [1.165, 1.54) is 23.6 Å². The van der Waals surface area contributed by atoms with Crippen molar-refractivity contribution in [1.29, 1.82) is 0 Å². The molecule has 1 heterocycles. The van der Waals surface area contributed by atoms with Crippen LogP contribution in [0.25, 0.3) is 0 Å². The Kier molecular flexibility index (Phi) is 6.78. The Morgan fingerprint density at radius 1 is 1.07 bits per heavy atom. The number of rotatable bonds is 5. The molecule has 7 heteroatoms. The maximum Gasteiger partial charge on any atom is 0.243 e. The Hall–Kier alpha value is -1.44. The molecule has 0 bridgehead atoms. The summed E-state index contributed by atoms with van der Waals surface area (Å²) < 4.78 is 27.2. The molecule has 1 aliphatic heterocycles. The summed E-state index contributed by atoms with van der Waals surface area (Å²) in [6.07, 6.45) is 4.74. The van der Waals surface area contributed by atoms with Crippen LogP contribution in [0.2, 0.25) is 0 Å². The Morgan fingerprint density at radius 2 is 1.68 bits per heavy atom. The largest absolute Gasteiger partial charge is 0.341 e. The first kappa shape index (κ1) is 21.3. The van der Waals surface area contributed by atoms with Gasteiger partial charge in [-0.15, -0.1) is 0 Å². The van der Waals surface area contributed by atoms with E-state index in [9.17, 15) is 13.2 Å². The number of likely N-dealkylation sites (N-methyl/N-ethyl adjacent to an activating group) is 1. The van der Waals surface area contributed by atoms with Gasteiger partial charge in [0.05, 0.1) is 11.4 Å². The zero-order valence-electron chi connectivity index (χ0n) is 17.3. The molecule has 156 valence electrons. The van der Waals surface area contributed by atoms with Crippen molar-refractivity contribution in [1.82, 2.24) is 14.1 Å². The maximum atomic E-state index is 12.8. The molecule has 1 amide bonds. The summed E-state index contributed by atoms with van der Waals surface area (Å²) in [5, 5.41) is 0. The molecule has 1 aliphatic carbocycles. The predicted molar refractivity (Wildman–Crippen MR) is 111 cm³/mol. The molecule has 1 aromatic carbocycles. The molecule has 0 spiro atoms. The topological polar surface area (TPSA) is 60.9 Å². The highest BCUT2D eigenvalue weighted by Gasteiger charge is 2.31. The van der Waals surface area contributed by atoms with Crippen LogP contribution in [0.4, 0.5) is 0 Å². The average Bonchev–Trinajstić information content (AvgIpc) is 2.68. The van der Waals surface area contributed by atoms with Crippen LogP contribution in [0.1, 0.15) is 38.2 Å². The first-order valence-corrected chi connectivity index (χ1v) is 11.8. The van der Waals surface area contributed by atoms with E-state index in [2.05, 4.69) is 11.8 Å². The zero-order valence-corrected chi connectivity index (χ0v) is 18.1. The highest BCUT2D eigenvalue weighted by Crippen LogP contribution is 2.27. The summed E-state index contributed by atoms with van der Waals surface area (Å²) in [7, 11) is -1.54. The number of aryl methyl sites for hydroxylation is 1. The molecule has 28 heavy (non-hydrogen) atoms. The monoisotopic (exact) mass is 407 g/mol. The molecule has 1 saturated carbocycles. The quantitative estimate of drug-likeness (QED) is 0.752. The minimum absolute atomic E-state index is 0.147. The van der Waals surface area contributed by atoms with Crippen LogP contribution in [0.3, 0.4) is 0 Å². The fourth-order valence-corrected chi connectivity index (χ4v) is 5.77. The van der Waals surface area contributed by atoms with Crippen molar-refractivity contribution in [2.75, 3.05) is 39.8 Å². The van der Waals surface area contributed by atoms with Crippen LogP contribution in [-0.2, 0) is 14.8 Å². The smallest absolute Gasteiger partial charge is 0.243 e. The lowest BCUT2D eigenvalue weighted by Gasteiger charge is -2.38. The lowest BCUT2D eigenvalue weighted by molar-refractivity contribution is -0.135. The van der Waals surface area contributed by atoms with E-state index in [1.54, 1.807) is 12.1 Å². The summed E-state index contributed by atoms with van der Waals surface area (Å²) in [5.41, 5.74) is 1.04. The number of hydrogen-bond acceptors (Lipinski definition) is 4. The van der Waals surface area contributed by atoms with E-state index >= 15 is 0 Å². The molecule has 1 saturated heterocycles. The van der Waals surface area contributed by atoms with Crippen LogP contribution in [0, 0.1) is 12.8 Å². The van der Waals surface area contributed by atoms with Crippen molar-refractivity contribution >= 4 is 15.9 Å². The Balaban J connectivity index is 1.53. The Bertz CT molecular complexity index is 771. The number of piperazine rings is 1. The number of hydrogen-bond donors (Lipinski definition) is 0. The molecule has 1 aromatic rings. The van der Waals surface area contributed by atoms with Gasteiger partial charge in [0.15, 0.2) is 0 Å². The van der Waals surface area contributed by atoms with Crippen LogP contribution in [0.5, 0.6) is 0 Å². The van der Waals surface area contributed by atoms with Crippen LogP contribution in [0.15, 0.2) is 29.2 Å². The van der Waals surface area contributed by atoms with Crippen molar-refractivity contribution in [3.8, 4) is 0 Å². The van der Waals surface area contributed by atoms with Gasteiger partial charge in [-0.1, -0.05) is 37.5 Å². The van der Waals surface area contributed by atoms with Crippen molar-refractivity contribution in [2.45, 2.75) is 50.5 Å². The van der Waals surface area contributed by atoms with Crippen molar-refractivity contribution in [2.24, 2.45) is 5.92 Å². The molecule has 3 rings (SSSR count). The third kappa shape index (κ3) is 4.75. The summed E-state index contributed by atoms with van der Waals surface area (Å²) >= 11 is 0. The molecule has 0 radical (unpaired) electrons. The highest BCUT2D eigenvalue weighted by atomic mass is 32.2. The standard InChI is InChI=1S/C21H33N3O3S/c1-17-8-10-19(11-9-17)28(26,27)24-14-12-23(13-15-24)16-21(25)22(3)20-7-5-4-6-18(20)2/h8-11,18,20H,4-7,12-16H2,1-3H3. The van der Waals surface area contributed by atoms with E-state index in [4.69, 9.17) is 0 Å². The van der Waals surface area contributed by atoms with Crippen molar-refractivity contribution < 1.29 is 13.2 Å². The number of benzene rings is 1. The van der Waals surface area contributed by atoms with Crippen LogP contribution < -0.4 is 0 Å². The molecule has 6 nitrogen and oxygen atoms in total. The predicted octanol–water partition coefficient (Wildman–Crippen LogP) is 2.34. The van der Waals surface area contributed by atoms with E-state index in [0.717, 1.165) is 12.0 Å². The van der Waals surface area contributed by atoms with Gasteiger partial charge in [0.2, 0.25) is 15.9 Å². The van der Waals surface area contributed by atoms with E-state index in [0.29, 0.717) is 49.6 Å². The van der Waals surface area contributed by atoms with Crippen molar-refractivity contribution in [3.63, 3.8) is 0 Å². The second-order valence-corrected chi connectivity index (χ2v) is 10.3. The number of amides is 1. The lowest BCUT2D eigenvalue weighted by Crippen LogP contribution is -2.52. The number of carbonyl (C=O) groups excluding carboxylic acids is 1. The van der Waals surface area contributed by atoms with E-state index in [1.807, 2.05) is 31.0 Å². The van der Waals surface area contributed by atoms with Gasteiger partial charge < -0.3 is 4.90 Å². The molecule has 2 atom stereocenters. The van der Waals surface area contributed by atoms with Gasteiger partial charge in [-0.05, 0) is 37.8 Å². The minimum Gasteiger partial charge on any atom is -0.341 e.